The van der Waals surface area contributed by atoms with Crippen LogP contribution in [0.3, 0.4) is 0 Å². The first kappa shape index (κ1) is 22.6. The van der Waals surface area contributed by atoms with Gasteiger partial charge >= 0.3 is 0 Å². The predicted octanol–water partition coefficient (Wildman–Crippen LogP) is 5.01. The molecule has 2 unspecified atom stereocenters. The lowest BCUT2D eigenvalue weighted by Gasteiger charge is -2.40. The van der Waals surface area contributed by atoms with Gasteiger partial charge in [0.25, 0.3) is 5.91 Å². The van der Waals surface area contributed by atoms with Crippen LogP contribution in [0, 0.1) is 11.8 Å². The first-order valence-electron chi connectivity index (χ1n) is 12.0. The van der Waals surface area contributed by atoms with Crippen molar-refractivity contribution in [1.82, 2.24) is 15.4 Å². The molecule has 1 aromatic heterocycles. The number of carbonyl (C=O) groups is 2. The van der Waals surface area contributed by atoms with Crippen LogP contribution in [0.4, 0.5) is 0 Å². The van der Waals surface area contributed by atoms with E-state index < -0.39 is 6.04 Å². The number of rotatable bonds is 8. The average Bonchev–Trinajstić information content (AvgIpc) is 3.48. The van der Waals surface area contributed by atoms with Gasteiger partial charge in [-0.25, -0.2) is 0 Å². The van der Waals surface area contributed by atoms with E-state index in [1.807, 2.05) is 12.1 Å². The van der Waals surface area contributed by atoms with Gasteiger partial charge in [0, 0.05) is 24.2 Å². The van der Waals surface area contributed by atoms with Gasteiger partial charge in [0.1, 0.15) is 6.04 Å². The van der Waals surface area contributed by atoms with Crippen molar-refractivity contribution in [1.29, 1.82) is 0 Å². The number of amides is 2. The average molecular weight is 438 g/mol. The Kier molecular flexibility index (Phi) is 6.68. The van der Waals surface area contributed by atoms with E-state index in [0.717, 1.165) is 18.4 Å². The highest BCUT2D eigenvalue weighted by Gasteiger charge is 2.38. The van der Waals surface area contributed by atoms with Crippen molar-refractivity contribution in [2.24, 2.45) is 11.8 Å². The fourth-order valence-corrected chi connectivity index (χ4v) is 4.55. The van der Waals surface area contributed by atoms with Gasteiger partial charge < -0.3 is 14.7 Å². The summed E-state index contributed by atoms with van der Waals surface area (Å²) in [6.07, 6.45) is 4.90. The molecule has 1 aromatic carbocycles. The summed E-state index contributed by atoms with van der Waals surface area (Å²) in [6.45, 7) is 9.02. The zero-order valence-electron chi connectivity index (χ0n) is 19.6. The largest absolute Gasteiger partial charge is 0.355 e. The Labute approximate surface area is 190 Å². The van der Waals surface area contributed by atoms with Crippen molar-refractivity contribution in [2.75, 3.05) is 6.54 Å². The summed E-state index contributed by atoms with van der Waals surface area (Å²) in [6, 6.07) is 9.52. The molecule has 1 saturated carbocycles. The quantitative estimate of drug-likeness (QED) is 0.630. The van der Waals surface area contributed by atoms with Crippen LogP contribution >= 0.6 is 0 Å². The molecule has 2 aliphatic rings. The molecule has 2 aromatic rings. The van der Waals surface area contributed by atoms with Crippen molar-refractivity contribution >= 4 is 11.8 Å². The minimum atomic E-state index is -0.466. The highest BCUT2D eigenvalue weighted by Crippen LogP contribution is 2.40. The summed E-state index contributed by atoms with van der Waals surface area (Å²) in [7, 11) is 0. The fraction of sp³-hybridized carbons (Fsp3) is 0.577. The third-order valence-electron chi connectivity index (χ3n) is 6.45. The summed E-state index contributed by atoms with van der Waals surface area (Å²) >= 11 is 0. The smallest absolute Gasteiger partial charge is 0.276 e. The van der Waals surface area contributed by atoms with Crippen LogP contribution in [0.5, 0.6) is 0 Å². The van der Waals surface area contributed by atoms with Crippen LogP contribution in [0.1, 0.15) is 81.8 Å². The van der Waals surface area contributed by atoms with Gasteiger partial charge in [0.2, 0.25) is 5.91 Å². The second kappa shape index (κ2) is 9.47. The molecule has 0 spiro atoms. The number of benzene rings is 1. The maximum atomic E-state index is 13.5. The molecule has 2 fully saturated rings. The van der Waals surface area contributed by atoms with Crippen LogP contribution < -0.4 is 5.32 Å². The number of carbonyl (C=O) groups excluding carboxylic acids is 2. The maximum absolute atomic E-state index is 13.5. The molecule has 0 bridgehead atoms. The van der Waals surface area contributed by atoms with Crippen LogP contribution in [0.25, 0.3) is 11.3 Å². The van der Waals surface area contributed by atoms with E-state index in [1.54, 1.807) is 11.0 Å². The third kappa shape index (κ3) is 5.22. The molecular formula is C26H35N3O3. The topological polar surface area (TPSA) is 75.4 Å². The fourth-order valence-electron chi connectivity index (χ4n) is 4.55. The van der Waals surface area contributed by atoms with E-state index in [4.69, 9.17) is 4.52 Å². The normalized spacial score (nSPS) is 21.3. The second-order valence-electron chi connectivity index (χ2n) is 10.3. The Morgan fingerprint density at radius 3 is 2.50 bits per heavy atom. The van der Waals surface area contributed by atoms with E-state index in [-0.39, 0.29) is 23.6 Å². The molecule has 1 aliphatic carbocycles. The molecule has 6 nitrogen and oxygen atoms in total. The van der Waals surface area contributed by atoms with Gasteiger partial charge in [-0.05, 0) is 55.4 Å². The summed E-state index contributed by atoms with van der Waals surface area (Å²) < 4.78 is 5.53. The molecule has 2 atom stereocenters. The summed E-state index contributed by atoms with van der Waals surface area (Å²) in [4.78, 5) is 28.1. The summed E-state index contributed by atoms with van der Waals surface area (Å²) in [5, 5.41) is 7.21. The Morgan fingerprint density at radius 1 is 1.16 bits per heavy atom. The first-order chi connectivity index (χ1) is 15.3. The van der Waals surface area contributed by atoms with Crippen LogP contribution in [-0.2, 0) is 4.79 Å². The molecular weight excluding hydrogens is 402 g/mol. The second-order valence-corrected chi connectivity index (χ2v) is 10.3. The zero-order chi connectivity index (χ0) is 22.8. The molecule has 32 heavy (non-hydrogen) atoms. The highest BCUT2D eigenvalue weighted by atomic mass is 16.5. The molecule has 1 aliphatic heterocycles. The van der Waals surface area contributed by atoms with Crippen molar-refractivity contribution in [3.63, 3.8) is 0 Å². The lowest BCUT2D eigenvalue weighted by atomic mass is 9.95. The summed E-state index contributed by atoms with van der Waals surface area (Å²) in [5.41, 5.74) is 2.53. The molecule has 1 saturated heterocycles. The molecule has 1 N–H and O–H groups in total. The number of aromatic nitrogens is 1. The van der Waals surface area contributed by atoms with E-state index in [2.05, 4.69) is 50.3 Å². The molecule has 2 heterocycles. The lowest BCUT2D eigenvalue weighted by Crippen LogP contribution is -2.61. The SMILES string of the molecule is CC(C)CCC1C(=O)NC(CC(C)C)CN1C(=O)c1cc(-c2ccc(C3CC3)cc2)on1. The Morgan fingerprint density at radius 2 is 1.88 bits per heavy atom. The van der Waals surface area contributed by atoms with Gasteiger partial charge in [0.05, 0.1) is 0 Å². The predicted molar refractivity (Wildman–Crippen MR) is 124 cm³/mol. The van der Waals surface area contributed by atoms with Gasteiger partial charge in [0.15, 0.2) is 11.5 Å². The minimum absolute atomic E-state index is 0.0388. The molecule has 172 valence electrons. The molecule has 4 rings (SSSR count). The van der Waals surface area contributed by atoms with Crippen molar-refractivity contribution in [3.05, 3.63) is 41.6 Å². The maximum Gasteiger partial charge on any atom is 0.276 e. The minimum Gasteiger partial charge on any atom is -0.355 e. The van der Waals surface area contributed by atoms with E-state index in [1.165, 1.54) is 18.4 Å². The van der Waals surface area contributed by atoms with Crippen LogP contribution in [-0.4, -0.2) is 40.5 Å². The number of hydrogen-bond donors (Lipinski definition) is 1. The highest BCUT2D eigenvalue weighted by molar-refractivity contribution is 5.97. The standard InChI is InChI=1S/C26H35N3O3/c1-16(2)5-12-23-25(30)27-21(13-17(3)4)15-29(23)26(31)22-14-24(32-28-22)20-10-8-19(9-11-20)18-6-7-18/h8-11,14,16-18,21,23H,5-7,12-13,15H2,1-4H3,(H,27,30). The van der Waals surface area contributed by atoms with Crippen molar-refractivity contribution in [2.45, 2.75) is 77.8 Å². The molecule has 0 radical (unpaired) electrons. The summed E-state index contributed by atoms with van der Waals surface area (Å²) in [5.74, 6) is 1.88. The van der Waals surface area contributed by atoms with Gasteiger partial charge in [-0.1, -0.05) is 57.1 Å². The zero-order valence-corrected chi connectivity index (χ0v) is 19.6. The number of piperazine rings is 1. The third-order valence-corrected chi connectivity index (χ3v) is 6.45. The van der Waals surface area contributed by atoms with Gasteiger partial charge in [-0.3, -0.25) is 9.59 Å². The molecule has 2 amide bonds. The van der Waals surface area contributed by atoms with E-state index in [0.29, 0.717) is 36.5 Å². The first-order valence-corrected chi connectivity index (χ1v) is 12.0. The Balaban J connectivity index is 1.53. The van der Waals surface area contributed by atoms with Crippen LogP contribution in [0.2, 0.25) is 0 Å². The lowest BCUT2D eigenvalue weighted by molar-refractivity contribution is -0.130. The van der Waals surface area contributed by atoms with Gasteiger partial charge in [-0.15, -0.1) is 0 Å². The Hall–Kier alpha value is -2.63. The van der Waals surface area contributed by atoms with E-state index >= 15 is 0 Å². The Bertz CT molecular complexity index is 943. The van der Waals surface area contributed by atoms with Crippen LogP contribution in [0.15, 0.2) is 34.9 Å². The van der Waals surface area contributed by atoms with Gasteiger partial charge in [-0.2, -0.15) is 0 Å². The monoisotopic (exact) mass is 437 g/mol. The number of nitrogens with one attached hydrogen (secondary N) is 1. The number of nitrogens with zero attached hydrogens (tertiary/aromatic N) is 2. The van der Waals surface area contributed by atoms with Crippen molar-refractivity contribution in [3.8, 4) is 11.3 Å². The molecule has 6 heteroatoms. The number of hydrogen-bond acceptors (Lipinski definition) is 4. The van der Waals surface area contributed by atoms with E-state index in [9.17, 15) is 9.59 Å². The van der Waals surface area contributed by atoms with Crippen molar-refractivity contribution < 1.29 is 14.1 Å².